The molecule has 1 aliphatic carbocycles. The fraction of sp³-hybridized carbons (Fsp3) is 0.732. The summed E-state index contributed by atoms with van der Waals surface area (Å²) in [7, 11) is 6.51. The van der Waals surface area contributed by atoms with Crippen LogP contribution in [0.25, 0.3) is 0 Å². The van der Waals surface area contributed by atoms with E-state index in [0.717, 1.165) is 24.0 Å². The predicted octanol–water partition coefficient (Wildman–Crippen LogP) is 3.41. The largest absolute Gasteiger partial charge is 0.480 e. The number of likely N-dealkylation sites (tertiary alicyclic amines) is 1. The minimum atomic E-state index is -1.13. The first-order valence-corrected chi connectivity index (χ1v) is 19.6. The summed E-state index contributed by atoms with van der Waals surface area (Å²) < 4.78 is 12.0. The van der Waals surface area contributed by atoms with E-state index in [1.54, 1.807) is 33.0 Å². The minimum absolute atomic E-state index is 0.00534. The number of carboxylic acid groups (broad SMARTS) is 1. The molecule has 304 valence electrons. The number of nitrogens with one attached hydrogen (secondary N) is 3. The van der Waals surface area contributed by atoms with Crippen LogP contribution >= 0.6 is 0 Å². The van der Waals surface area contributed by atoms with Crippen LogP contribution in [0.2, 0.25) is 0 Å². The van der Waals surface area contributed by atoms with Gasteiger partial charge in [-0.1, -0.05) is 84.7 Å². The summed E-state index contributed by atoms with van der Waals surface area (Å²) in [4.78, 5) is 71.1. The van der Waals surface area contributed by atoms with Crippen molar-refractivity contribution in [2.75, 3.05) is 28.3 Å². The molecule has 13 heteroatoms. The van der Waals surface area contributed by atoms with Gasteiger partial charge in [0.05, 0.1) is 42.7 Å². The first-order chi connectivity index (χ1) is 25.4. The molecular formula is C41H67N5O8. The Kier molecular flexibility index (Phi) is 16.5. The molecule has 0 spiro atoms. The van der Waals surface area contributed by atoms with Gasteiger partial charge >= 0.3 is 5.97 Å². The van der Waals surface area contributed by atoms with Gasteiger partial charge in [-0.3, -0.25) is 19.2 Å². The van der Waals surface area contributed by atoms with Gasteiger partial charge in [-0.15, -0.1) is 0 Å². The van der Waals surface area contributed by atoms with E-state index in [-0.39, 0.29) is 54.4 Å². The van der Waals surface area contributed by atoms with Gasteiger partial charge in [-0.05, 0) is 56.0 Å². The number of hydrogen-bond donors (Lipinski definition) is 4. The number of carbonyl (C=O) groups is 5. The number of methoxy groups -OCH3 is 2. The van der Waals surface area contributed by atoms with Crippen LogP contribution in [-0.4, -0.2) is 121 Å². The van der Waals surface area contributed by atoms with Crippen LogP contribution < -0.4 is 16.0 Å². The monoisotopic (exact) mass is 757 g/mol. The lowest BCUT2D eigenvalue weighted by Crippen LogP contribution is -2.59. The van der Waals surface area contributed by atoms with Crippen LogP contribution in [0.5, 0.6) is 0 Å². The SMILES string of the molecule is CC[C@H](C)[C@@H]([C@@H](CC(=O)N1[C@H]2C[C@H]2C[C@H]1[C@H](OC)[C@@H](C)C(=O)NC(Cc1ccc(C)cc1)C(=O)O)OC)N(C)C(=O)C(NC(=O)C(NC)C(C)C)C(C)C. The number of carbonyl (C=O) groups excluding carboxylic acids is 4. The molecule has 0 bridgehead atoms. The number of aryl methyl sites for hydroxylation is 1. The second kappa shape index (κ2) is 19.9. The summed E-state index contributed by atoms with van der Waals surface area (Å²) in [5, 5.41) is 18.7. The molecule has 1 saturated heterocycles. The van der Waals surface area contributed by atoms with Gasteiger partial charge in [-0.25, -0.2) is 4.79 Å². The lowest BCUT2D eigenvalue weighted by atomic mass is 9.89. The fourth-order valence-corrected chi connectivity index (χ4v) is 8.21. The number of ether oxygens (including phenoxy) is 2. The molecule has 11 atom stereocenters. The Labute approximate surface area is 322 Å². The van der Waals surface area contributed by atoms with E-state index in [4.69, 9.17) is 9.47 Å². The molecule has 0 radical (unpaired) electrons. The molecule has 4 amide bonds. The van der Waals surface area contributed by atoms with E-state index in [2.05, 4.69) is 16.0 Å². The molecular weight excluding hydrogens is 690 g/mol. The lowest BCUT2D eigenvalue weighted by Gasteiger charge is -2.41. The number of fused-ring (bicyclic) bond motifs is 1. The van der Waals surface area contributed by atoms with Gasteiger partial charge in [0, 0.05) is 33.7 Å². The van der Waals surface area contributed by atoms with Crippen molar-refractivity contribution in [2.24, 2.45) is 29.6 Å². The number of aliphatic carboxylic acids is 1. The summed E-state index contributed by atoms with van der Waals surface area (Å²) >= 11 is 0. The standard InChI is InChI=1S/C41H67N5O8/c1-13-25(7)36(45(10)40(50)35(23(4)5)44-39(49)34(42-9)22(2)3)32(53-11)21-33(47)46-30-19-28(30)20-31(46)37(54-12)26(8)38(48)43-29(41(51)52)18-27-16-14-24(6)15-17-27/h14-17,22-23,25-26,28-32,34-37,42H,13,18-21H2,1-12H3,(H,43,48)(H,44,49)(H,51,52)/t25-,26+,28-,29?,30-,31-,32+,34?,35?,36-,37+/m0/s1. The molecule has 1 heterocycles. The molecule has 4 N–H and O–H groups in total. The first kappa shape index (κ1) is 44.8. The Morgan fingerprint density at radius 3 is 2.02 bits per heavy atom. The zero-order valence-electron chi connectivity index (χ0n) is 34.5. The number of benzene rings is 1. The molecule has 1 aromatic rings. The van der Waals surface area contributed by atoms with Gasteiger partial charge < -0.3 is 40.3 Å². The zero-order chi connectivity index (χ0) is 40.6. The highest BCUT2D eigenvalue weighted by molar-refractivity contribution is 5.90. The number of hydrogen-bond acceptors (Lipinski definition) is 8. The summed E-state index contributed by atoms with van der Waals surface area (Å²) in [5.41, 5.74) is 1.85. The Morgan fingerprint density at radius 1 is 0.907 bits per heavy atom. The highest BCUT2D eigenvalue weighted by atomic mass is 16.5. The van der Waals surface area contributed by atoms with Crippen LogP contribution in [0, 0.1) is 36.5 Å². The summed E-state index contributed by atoms with van der Waals surface area (Å²) in [6, 6.07) is 4.31. The minimum Gasteiger partial charge on any atom is -0.480 e. The number of amides is 4. The van der Waals surface area contributed by atoms with Crippen molar-refractivity contribution >= 4 is 29.6 Å². The third-order valence-electron chi connectivity index (χ3n) is 11.7. The van der Waals surface area contributed by atoms with Crippen molar-refractivity contribution in [3.05, 3.63) is 35.4 Å². The Morgan fingerprint density at radius 2 is 1.52 bits per heavy atom. The van der Waals surface area contributed by atoms with Crippen molar-refractivity contribution in [1.29, 1.82) is 0 Å². The van der Waals surface area contributed by atoms with Gasteiger partial charge in [0.15, 0.2) is 0 Å². The van der Waals surface area contributed by atoms with Crippen LogP contribution in [0.3, 0.4) is 0 Å². The molecule has 1 aromatic carbocycles. The van der Waals surface area contributed by atoms with Gasteiger partial charge in [-0.2, -0.15) is 0 Å². The van der Waals surface area contributed by atoms with Crippen molar-refractivity contribution < 1.29 is 38.6 Å². The molecule has 54 heavy (non-hydrogen) atoms. The molecule has 0 aromatic heterocycles. The average Bonchev–Trinajstić information content (AvgIpc) is 3.78. The van der Waals surface area contributed by atoms with Crippen molar-refractivity contribution in [2.45, 2.75) is 136 Å². The van der Waals surface area contributed by atoms with Crippen molar-refractivity contribution in [3.63, 3.8) is 0 Å². The highest BCUT2D eigenvalue weighted by Gasteiger charge is 2.57. The molecule has 3 rings (SSSR count). The van der Waals surface area contributed by atoms with Gasteiger partial charge in [0.2, 0.25) is 23.6 Å². The van der Waals surface area contributed by atoms with Crippen LogP contribution in [0.15, 0.2) is 24.3 Å². The van der Waals surface area contributed by atoms with E-state index in [1.807, 2.05) is 77.6 Å². The van der Waals surface area contributed by atoms with E-state index in [1.165, 1.54) is 7.11 Å². The highest BCUT2D eigenvalue weighted by Crippen LogP contribution is 2.50. The van der Waals surface area contributed by atoms with E-state index in [9.17, 15) is 29.1 Å². The van der Waals surface area contributed by atoms with Crippen molar-refractivity contribution in [3.8, 4) is 0 Å². The van der Waals surface area contributed by atoms with Crippen LogP contribution in [-0.2, 0) is 39.9 Å². The predicted molar refractivity (Wildman–Crippen MR) is 207 cm³/mol. The quantitative estimate of drug-likeness (QED) is 0.147. The van der Waals surface area contributed by atoms with Gasteiger partial charge in [0.25, 0.3) is 0 Å². The second-order valence-corrected chi connectivity index (χ2v) is 16.3. The van der Waals surface area contributed by atoms with E-state index < -0.39 is 60.2 Å². The molecule has 13 nitrogen and oxygen atoms in total. The number of likely N-dealkylation sites (N-methyl/N-ethyl adjacent to an activating group) is 2. The number of piperidine rings is 1. The smallest absolute Gasteiger partial charge is 0.326 e. The van der Waals surface area contributed by atoms with Gasteiger partial charge in [0.1, 0.15) is 12.1 Å². The Balaban J connectivity index is 1.80. The third kappa shape index (κ3) is 10.8. The van der Waals surface area contributed by atoms with E-state index >= 15 is 0 Å². The zero-order valence-corrected chi connectivity index (χ0v) is 34.5. The molecule has 1 aliphatic heterocycles. The molecule has 2 fully saturated rings. The number of rotatable bonds is 21. The topological polar surface area (TPSA) is 167 Å². The molecule has 1 saturated carbocycles. The maximum Gasteiger partial charge on any atom is 0.326 e. The maximum atomic E-state index is 14.4. The lowest BCUT2D eigenvalue weighted by molar-refractivity contribution is -0.149. The Hall–Kier alpha value is -3.55. The van der Waals surface area contributed by atoms with Crippen molar-refractivity contribution in [1.82, 2.24) is 25.8 Å². The summed E-state index contributed by atoms with van der Waals surface area (Å²) in [6.07, 6.45) is 1.07. The second-order valence-electron chi connectivity index (χ2n) is 16.3. The Bertz CT molecular complexity index is 1440. The van der Waals surface area contributed by atoms with Crippen LogP contribution in [0.1, 0.15) is 85.3 Å². The first-order valence-electron chi connectivity index (χ1n) is 19.6. The van der Waals surface area contributed by atoms with E-state index in [0.29, 0.717) is 12.3 Å². The number of nitrogens with zero attached hydrogens (tertiary/aromatic N) is 2. The number of carboxylic acids is 1. The molecule has 2 aliphatic rings. The summed E-state index contributed by atoms with van der Waals surface area (Å²) in [6.45, 7) is 15.4. The average molecular weight is 758 g/mol. The molecule has 3 unspecified atom stereocenters. The summed E-state index contributed by atoms with van der Waals surface area (Å²) in [5.74, 6) is -2.89. The third-order valence-corrected chi connectivity index (χ3v) is 11.7. The normalized spacial score (nSPS) is 22.3. The fourth-order valence-electron chi connectivity index (χ4n) is 8.21. The maximum absolute atomic E-state index is 14.4. The van der Waals surface area contributed by atoms with Crippen LogP contribution in [0.4, 0.5) is 0 Å².